The number of carbonyl (C=O) groups is 1. The fraction of sp³-hybridized carbons (Fsp3) is 0.684. The summed E-state index contributed by atoms with van der Waals surface area (Å²) in [5.41, 5.74) is -0.429. The van der Waals surface area contributed by atoms with Crippen molar-refractivity contribution < 1.29 is 14.3 Å². The Morgan fingerprint density at radius 2 is 2.00 bits per heavy atom. The highest BCUT2D eigenvalue weighted by atomic mass is 35.5. The van der Waals surface area contributed by atoms with Crippen LogP contribution >= 0.6 is 11.6 Å². The molecule has 0 radical (unpaired) electrons. The lowest BCUT2D eigenvalue weighted by Crippen LogP contribution is -2.50. The number of aromatic nitrogens is 1. The van der Waals surface area contributed by atoms with E-state index in [4.69, 9.17) is 11.6 Å². The van der Waals surface area contributed by atoms with Crippen LogP contribution in [-0.2, 0) is 4.79 Å². The third-order valence-electron chi connectivity index (χ3n) is 6.32. The summed E-state index contributed by atoms with van der Waals surface area (Å²) in [6, 6.07) is 1.52. The molecule has 3 heterocycles. The van der Waals surface area contributed by atoms with Crippen molar-refractivity contribution in [3.8, 4) is 0 Å². The Labute approximate surface area is 158 Å². The number of rotatable bonds is 2. The lowest BCUT2D eigenvalue weighted by molar-refractivity contribution is -0.139. The monoisotopic (exact) mass is 381 g/mol. The number of piperidine rings is 1. The molecule has 1 spiro atoms. The SMILES string of the molecule is O=C1N([C@H]2CC[C@@H](O)CC2)CC[C@@]12CCCN(c1ncc(Cl)cc1F)C2. The minimum Gasteiger partial charge on any atom is -0.393 e. The number of likely N-dealkylation sites (tertiary alicyclic amines) is 1. The van der Waals surface area contributed by atoms with Crippen molar-refractivity contribution in [2.45, 2.75) is 57.1 Å². The molecule has 5 nitrogen and oxygen atoms in total. The van der Waals surface area contributed by atoms with Gasteiger partial charge in [-0.1, -0.05) is 11.6 Å². The van der Waals surface area contributed by atoms with E-state index < -0.39 is 11.2 Å². The van der Waals surface area contributed by atoms with E-state index in [2.05, 4.69) is 4.98 Å². The zero-order chi connectivity index (χ0) is 18.3. The first-order valence-corrected chi connectivity index (χ1v) is 9.91. The van der Waals surface area contributed by atoms with Crippen LogP contribution in [0.25, 0.3) is 0 Å². The van der Waals surface area contributed by atoms with Crippen LogP contribution in [0.1, 0.15) is 44.9 Å². The van der Waals surface area contributed by atoms with E-state index >= 15 is 0 Å². The minimum absolute atomic E-state index is 0.206. The van der Waals surface area contributed by atoms with E-state index in [1.807, 2.05) is 9.80 Å². The van der Waals surface area contributed by atoms with Gasteiger partial charge in [-0.2, -0.15) is 0 Å². The molecule has 3 aliphatic rings. The number of halogens is 2. The maximum Gasteiger partial charge on any atom is 0.230 e. The number of nitrogens with zero attached hydrogens (tertiary/aromatic N) is 3. The van der Waals surface area contributed by atoms with E-state index in [-0.39, 0.29) is 23.1 Å². The van der Waals surface area contributed by atoms with Gasteiger partial charge in [-0.05, 0) is 51.0 Å². The van der Waals surface area contributed by atoms with Crippen LogP contribution in [0.15, 0.2) is 12.3 Å². The van der Waals surface area contributed by atoms with Crippen LogP contribution in [0.4, 0.5) is 10.2 Å². The molecule has 1 amide bonds. The van der Waals surface area contributed by atoms with Crippen molar-refractivity contribution in [3.63, 3.8) is 0 Å². The van der Waals surface area contributed by atoms with E-state index in [0.29, 0.717) is 18.9 Å². The van der Waals surface area contributed by atoms with Gasteiger partial charge in [-0.25, -0.2) is 9.37 Å². The maximum absolute atomic E-state index is 14.3. The van der Waals surface area contributed by atoms with Crippen LogP contribution in [0.5, 0.6) is 0 Å². The van der Waals surface area contributed by atoms with E-state index in [1.54, 1.807) is 0 Å². The Morgan fingerprint density at radius 3 is 2.73 bits per heavy atom. The molecule has 1 atom stereocenters. The zero-order valence-electron chi connectivity index (χ0n) is 14.8. The number of hydrogen-bond donors (Lipinski definition) is 1. The second-order valence-electron chi connectivity index (χ2n) is 7.98. The molecule has 1 saturated carbocycles. The molecule has 0 unspecified atom stereocenters. The molecular weight excluding hydrogens is 357 g/mol. The average molecular weight is 382 g/mol. The van der Waals surface area contributed by atoms with Gasteiger partial charge in [0.1, 0.15) is 0 Å². The van der Waals surface area contributed by atoms with Crippen molar-refractivity contribution in [1.29, 1.82) is 0 Å². The van der Waals surface area contributed by atoms with Gasteiger partial charge in [0.15, 0.2) is 11.6 Å². The minimum atomic E-state index is -0.432. The summed E-state index contributed by atoms with van der Waals surface area (Å²) in [5, 5.41) is 10.0. The summed E-state index contributed by atoms with van der Waals surface area (Å²) < 4.78 is 14.3. The van der Waals surface area contributed by atoms with E-state index in [0.717, 1.165) is 51.5 Å². The molecule has 7 heteroatoms. The molecule has 1 aromatic heterocycles. The first-order valence-electron chi connectivity index (χ1n) is 9.54. The third-order valence-corrected chi connectivity index (χ3v) is 6.52. The maximum atomic E-state index is 14.3. The van der Waals surface area contributed by atoms with Gasteiger partial charge in [0.25, 0.3) is 0 Å². The molecule has 4 rings (SSSR count). The summed E-state index contributed by atoms with van der Waals surface area (Å²) in [7, 11) is 0. The van der Waals surface area contributed by atoms with Crippen molar-refractivity contribution in [1.82, 2.24) is 9.88 Å². The molecule has 1 aliphatic carbocycles. The Bertz CT molecular complexity index is 695. The fourth-order valence-electron chi connectivity index (χ4n) is 4.90. The molecule has 0 bridgehead atoms. The van der Waals surface area contributed by atoms with Crippen LogP contribution < -0.4 is 4.90 Å². The number of aliphatic hydroxyl groups excluding tert-OH is 1. The fourth-order valence-corrected chi connectivity index (χ4v) is 5.04. The van der Waals surface area contributed by atoms with Crippen molar-refractivity contribution in [2.24, 2.45) is 5.41 Å². The molecule has 26 heavy (non-hydrogen) atoms. The highest BCUT2D eigenvalue weighted by Gasteiger charge is 2.51. The lowest BCUT2D eigenvalue weighted by Gasteiger charge is -2.41. The summed E-state index contributed by atoms with van der Waals surface area (Å²) in [6.45, 7) is 1.99. The molecule has 3 fully saturated rings. The normalized spacial score (nSPS) is 32.5. The van der Waals surface area contributed by atoms with Gasteiger partial charge in [-0.15, -0.1) is 0 Å². The lowest BCUT2D eigenvalue weighted by atomic mass is 9.78. The standard InChI is InChI=1S/C19H25ClFN3O2/c20-13-10-16(21)17(22-11-13)23-8-1-6-19(12-23)7-9-24(18(19)26)14-2-4-15(25)5-3-14/h10-11,14-15,25H,1-9,12H2/t14-,15+,19-/m1/s1. The van der Waals surface area contributed by atoms with Gasteiger partial charge in [0.05, 0.1) is 16.5 Å². The molecule has 1 N–H and O–H groups in total. The smallest absolute Gasteiger partial charge is 0.230 e. The van der Waals surface area contributed by atoms with Gasteiger partial charge < -0.3 is 14.9 Å². The molecule has 1 aromatic rings. The van der Waals surface area contributed by atoms with Crippen LogP contribution in [0.3, 0.4) is 0 Å². The highest BCUT2D eigenvalue weighted by molar-refractivity contribution is 6.30. The Kier molecular flexibility index (Phi) is 4.82. The predicted octanol–water partition coefficient (Wildman–Crippen LogP) is 3.00. The van der Waals surface area contributed by atoms with Gasteiger partial charge in [-0.3, -0.25) is 4.79 Å². The Hall–Kier alpha value is -1.40. The first kappa shape index (κ1) is 18.0. The summed E-state index contributed by atoms with van der Waals surface area (Å²) in [6.07, 6.45) is 7.05. The Balaban J connectivity index is 1.50. The second-order valence-corrected chi connectivity index (χ2v) is 8.41. The van der Waals surface area contributed by atoms with E-state index in [9.17, 15) is 14.3 Å². The average Bonchev–Trinajstić information content (AvgIpc) is 2.92. The number of hydrogen-bond acceptors (Lipinski definition) is 4. The molecule has 2 aliphatic heterocycles. The van der Waals surface area contributed by atoms with E-state index in [1.165, 1.54) is 12.3 Å². The molecule has 142 valence electrons. The molecular formula is C19H25ClFN3O2. The molecule has 2 saturated heterocycles. The van der Waals surface area contributed by atoms with Crippen LogP contribution in [-0.4, -0.2) is 52.7 Å². The third kappa shape index (κ3) is 3.18. The van der Waals surface area contributed by atoms with Crippen LogP contribution in [0.2, 0.25) is 5.02 Å². The number of carbonyl (C=O) groups excluding carboxylic acids is 1. The van der Waals surface area contributed by atoms with Crippen molar-refractivity contribution >= 4 is 23.3 Å². The molecule has 0 aromatic carbocycles. The second kappa shape index (κ2) is 6.97. The largest absolute Gasteiger partial charge is 0.393 e. The summed E-state index contributed by atoms with van der Waals surface area (Å²) in [5.74, 6) is 0.0663. The van der Waals surface area contributed by atoms with Crippen molar-refractivity contribution in [2.75, 3.05) is 24.5 Å². The number of aliphatic hydroxyl groups is 1. The van der Waals surface area contributed by atoms with Crippen molar-refractivity contribution in [3.05, 3.63) is 23.1 Å². The first-order chi connectivity index (χ1) is 12.5. The number of pyridine rings is 1. The van der Waals surface area contributed by atoms with Gasteiger partial charge in [0, 0.05) is 31.9 Å². The Morgan fingerprint density at radius 1 is 1.23 bits per heavy atom. The van der Waals surface area contributed by atoms with Crippen LogP contribution in [0, 0.1) is 11.2 Å². The predicted molar refractivity (Wildman–Crippen MR) is 97.7 cm³/mol. The summed E-state index contributed by atoms with van der Waals surface area (Å²) >= 11 is 5.82. The quantitative estimate of drug-likeness (QED) is 0.855. The topological polar surface area (TPSA) is 56.7 Å². The van der Waals surface area contributed by atoms with Gasteiger partial charge >= 0.3 is 0 Å². The summed E-state index contributed by atoms with van der Waals surface area (Å²) in [4.78, 5) is 21.4. The highest BCUT2D eigenvalue weighted by Crippen LogP contribution is 2.43. The number of amides is 1. The zero-order valence-corrected chi connectivity index (χ0v) is 15.6. The number of anilines is 1. The van der Waals surface area contributed by atoms with Gasteiger partial charge in [0.2, 0.25) is 5.91 Å².